The molecule has 4 aromatic rings. The van der Waals surface area contributed by atoms with Crippen LogP contribution in [0, 0.1) is 12.8 Å². The second-order valence-corrected chi connectivity index (χ2v) is 7.21. The zero-order valence-electron chi connectivity index (χ0n) is 19.0. The zero-order valence-corrected chi connectivity index (χ0v) is 20.5. The number of carbonyl (C=O) groups is 4. The molecule has 0 bridgehead atoms. The summed E-state index contributed by atoms with van der Waals surface area (Å²) in [5.41, 5.74) is 2.10. The molecular formula is C30H22MgO4. The van der Waals surface area contributed by atoms with Crippen LogP contribution in [-0.2, 0) is 0 Å². The van der Waals surface area contributed by atoms with Crippen LogP contribution in [0.25, 0.3) is 0 Å². The predicted molar refractivity (Wildman–Crippen MR) is 137 cm³/mol. The smallest absolute Gasteiger partial charge is 0.318 e. The minimum absolute atomic E-state index is 0. The number of benzene rings is 4. The molecule has 0 heterocycles. The van der Waals surface area contributed by atoms with E-state index in [1.54, 1.807) is 97.1 Å². The van der Waals surface area contributed by atoms with Gasteiger partial charge in [-0.1, -0.05) is 108 Å². The topological polar surface area (TPSA) is 68.3 Å². The van der Waals surface area contributed by atoms with Crippen molar-refractivity contribution in [2.24, 2.45) is 0 Å². The number of hydrogen-bond donors (Lipinski definition) is 0. The summed E-state index contributed by atoms with van der Waals surface area (Å²) in [4.78, 5) is 47.0. The summed E-state index contributed by atoms with van der Waals surface area (Å²) in [6.45, 7) is 0. The molecule has 35 heavy (non-hydrogen) atoms. The van der Waals surface area contributed by atoms with E-state index in [4.69, 9.17) is 0 Å². The fraction of sp³-hybridized carbons (Fsp3) is 0. The van der Waals surface area contributed by atoms with Crippen LogP contribution in [0.15, 0.2) is 121 Å². The Morgan fingerprint density at radius 3 is 0.686 bits per heavy atom. The van der Waals surface area contributed by atoms with Crippen molar-refractivity contribution in [2.45, 2.75) is 0 Å². The molecule has 4 aromatic carbocycles. The fourth-order valence-corrected chi connectivity index (χ4v) is 2.98. The normalized spacial score (nSPS) is 9.37. The number of carbonyl (C=O) groups excluding carboxylic acids is 4. The van der Waals surface area contributed by atoms with Crippen LogP contribution < -0.4 is 0 Å². The Labute approximate surface area is 221 Å². The third-order valence-electron chi connectivity index (χ3n) is 4.76. The molecule has 0 atom stereocenters. The first-order valence-electron chi connectivity index (χ1n) is 10.6. The zero-order chi connectivity index (χ0) is 24.2. The Morgan fingerprint density at radius 1 is 0.343 bits per heavy atom. The molecule has 0 radical (unpaired) electrons. The first-order valence-corrected chi connectivity index (χ1v) is 10.6. The van der Waals surface area contributed by atoms with Crippen molar-refractivity contribution >= 4 is 46.2 Å². The number of rotatable bonds is 8. The van der Waals surface area contributed by atoms with Crippen molar-refractivity contribution in [3.05, 3.63) is 156 Å². The summed E-state index contributed by atoms with van der Waals surface area (Å²) in [5.74, 6) is -1.06. The number of hydrogen-bond acceptors (Lipinski definition) is 4. The summed E-state index contributed by atoms with van der Waals surface area (Å²) in [7, 11) is 0. The van der Waals surface area contributed by atoms with Gasteiger partial charge in [0.2, 0.25) is 0 Å². The molecule has 5 heteroatoms. The molecule has 0 fully saturated rings. The predicted octanol–water partition coefficient (Wildman–Crippen LogP) is 5.53. The largest absolute Gasteiger partial charge is 2.00 e. The third kappa shape index (κ3) is 8.74. The van der Waals surface area contributed by atoms with E-state index >= 15 is 0 Å². The number of ketones is 4. The molecule has 0 saturated carbocycles. The molecule has 0 aromatic heterocycles. The molecule has 0 unspecified atom stereocenters. The van der Waals surface area contributed by atoms with E-state index in [9.17, 15) is 19.2 Å². The Morgan fingerprint density at radius 2 is 0.514 bits per heavy atom. The molecule has 0 saturated heterocycles. The van der Waals surface area contributed by atoms with Crippen LogP contribution in [0.3, 0.4) is 0 Å². The first kappa shape index (κ1) is 27.3. The summed E-state index contributed by atoms with van der Waals surface area (Å²) in [5, 5.41) is 0. The summed E-state index contributed by atoms with van der Waals surface area (Å²) < 4.78 is 0. The van der Waals surface area contributed by atoms with Crippen molar-refractivity contribution in [1.82, 2.24) is 0 Å². The van der Waals surface area contributed by atoms with E-state index in [0.717, 1.165) is 12.8 Å². The fourth-order valence-electron chi connectivity index (χ4n) is 2.98. The Kier molecular flexibility index (Phi) is 11.2. The van der Waals surface area contributed by atoms with Crippen LogP contribution in [0.5, 0.6) is 0 Å². The maximum atomic E-state index is 11.8. The van der Waals surface area contributed by atoms with E-state index in [2.05, 4.69) is 0 Å². The van der Waals surface area contributed by atoms with Crippen LogP contribution in [0.2, 0.25) is 0 Å². The minimum atomic E-state index is -0.264. The Bertz CT molecular complexity index is 1040. The van der Waals surface area contributed by atoms with E-state index in [1.807, 2.05) is 24.3 Å². The summed E-state index contributed by atoms with van der Waals surface area (Å²) in [6.07, 6.45) is 2.26. The van der Waals surface area contributed by atoms with Crippen molar-refractivity contribution in [3.8, 4) is 0 Å². The van der Waals surface area contributed by atoms with E-state index < -0.39 is 0 Å². The van der Waals surface area contributed by atoms with Crippen molar-refractivity contribution in [3.63, 3.8) is 0 Å². The van der Waals surface area contributed by atoms with Crippen molar-refractivity contribution in [1.29, 1.82) is 0 Å². The second kappa shape index (κ2) is 14.4. The van der Waals surface area contributed by atoms with E-state index in [-0.39, 0.29) is 46.2 Å². The SMILES string of the molecule is O=C([CH-]C(=O)c1ccccc1)c1ccccc1.O=C([CH-]C(=O)c1ccccc1)c1ccccc1.[Mg+2]. The monoisotopic (exact) mass is 470 g/mol. The van der Waals surface area contributed by atoms with Gasteiger partial charge in [-0.25, -0.2) is 0 Å². The van der Waals surface area contributed by atoms with Gasteiger partial charge >= 0.3 is 23.1 Å². The Balaban J connectivity index is 0.000000240. The second-order valence-electron chi connectivity index (χ2n) is 7.21. The minimum Gasteiger partial charge on any atom is -0.318 e. The van der Waals surface area contributed by atoms with Gasteiger partial charge in [0.1, 0.15) is 0 Å². The summed E-state index contributed by atoms with van der Waals surface area (Å²) >= 11 is 0. The van der Waals surface area contributed by atoms with Gasteiger partial charge in [-0.15, -0.1) is 48.5 Å². The molecule has 0 spiro atoms. The quantitative estimate of drug-likeness (QED) is 0.147. The molecule has 4 rings (SSSR count). The van der Waals surface area contributed by atoms with Gasteiger partial charge in [0, 0.05) is 0 Å². The van der Waals surface area contributed by atoms with Gasteiger partial charge < -0.3 is 19.2 Å². The molecule has 0 aliphatic rings. The molecule has 0 amide bonds. The van der Waals surface area contributed by atoms with Crippen LogP contribution in [-0.4, -0.2) is 46.2 Å². The Hall–Kier alpha value is -3.93. The summed E-state index contributed by atoms with van der Waals surface area (Å²) in [6, 6.07) is 35.0. The van der Waals surface area contributed by atoms with Crippen LogP contribution in [0.4, 0.5) is 0 Å². The van der Waals surface area contributed by atoms with Gasteiger partial charge in [-0.05, 0) is 0 Å². The van der Waals surface area contributed by atoms with Crippen LogP contribution >= 0.6 is 0 Å². The molecule has 0 aliphatic carbocycles. The van der Waals surface area contributed by atoms with Gasteiger partial charge in [-0.3, -0.25) is 0 Å². The molecule has 0 aliphatic heterocycles. The molecule has 4 nitrogen and oxygen atoms in total. The van der Waals surface area contributed by atoms with Crippen LogP contribution in [0.1, 0.15) is 41.4 Å². The van der Waals surface area contributed by atoms with Crippen molar-refractivity contribution in [2.75, 3.05) is 0 Å². The first-order chi connectivity index (χ1) is 16.5. The molecule has 0 N–H and O–H groups in total. The molecule has 168 valence electrons. The maximum absolute atomic E-state index is 11.8. The third-order valence-corrected chi connectivity index (χ3v) is 4.76. The van der Waals surface area contributed by atoms with Gasteiger partial charge in [-0.2, -0.15) is 0 Å². The standard InChI is InChI=1S/2C15H11O2.Mg/c2*16-14(12-7-3-1-4-8-12)11-15(17)13-9-5-2-6-10-13;/h2*1-11H;/q2*-1;+2. The average molecular weight is 471 g/mol. The van der Waals surface area contributed by atoms with Gasteiger partial charge in [0.15, 0.2) is 0 Å². The van der Waals surface area contributed by atoms with Crippen molar-refractivity contribution < 1.29 is 19.2 Å². The van der Waals surface area contributed by atoms with Gasteiger partial charge in [0.25, 0.3) is 0 Å². The average Bonchev–Trinajstić information content (AvgIpc) is 2.91. The van der Waals surface area contributed by atoms with Gasteiger partial charge in [0.05, 0.1) is 23.1 Å². The number of Topliss-reactive ketones (excluding diaryl/α,β-unsaturated/α-hetero) is 4. The maximum Gasteiger partial charge on any atom is 2.00 e. The van der Waals surface area contributed by atoms with E-state index in [0.29, 0.717) is 22.3 Å². The van der Waals surface area contributed by atoms with E-state index in [1.165, 1.54) is 0 Å². The molecular weight excluding hydrogens is 449 g/mol.